The molecule has 0 spiro atoms. The molecule has 0 aliphatic heterocycles. The number of carbonyl (C=O) groups excluding carboxylic acids is 1. The zero-order chi connectivity index (χ0) is 17.7. The Morgan fingerprint density at radius 1 is 1.00 bits per heavy atom. The van der Waals surface area contributed by atoms with Crippen LogP contribution in [-0.2, 0) is 4.79 Å². The molecule has 0 bridgehead atoms. The fourth-order valence-electron chi connectivity index (χ4n) is 1.87. The molecule has 0 saturated heterocycles. The molecule has 0 N–H and O–H groups in total. The third-order valence-corrected chi connectivity index (χ3v) is 3.24. The van der Waals surface area contributed by atoms with E-state index >= 15 is 0 Å². The number of nitrogens with zero attached hydrogens (tertiary/aromatic N) is 2. The summed E-state index contributed by atoms with van der Waals surface area (Å²) >= 11 is 5.91. The highest BCUT2D eigenvalue weighted by Crippen LogP contribution is 2.33. The molecule has 0 unspecified atom stereocenters. The predicted molar refractivity (Wildman–Crippen MR) is 86.2 cm³/mol. The molecular weight excluding hydrogens is 340 g/mol. The van der Waals surface area contributed by atoms with Crippen molar-refractivity contribution in [3.05, 3.63) is 74.3 Å². The molecule has 0 fully saturated rings. The van der Waals surface area contributed by atoms with Crippen molar-refractivity contribution in [1.82, 2.24) is 0 Å². The molecule has 0 atom stereocenters. The summed E-state index contributed by atoms with van der Waals surface area (Å²) in [7, 11) is 0. The molecule has 0 aromatic heterocycles. The molecule has 0 amide bonds. The van der Waals surface area contributed by atoms with Gasteiger partial charge in [-0.25, -0.2) is 0 Å². The molecule has 9 heteroatoms. The van der Waals surface area contributed by atoms with Gasteiger partial charge in [0.1, 0.15) is 17.8 Å². The van der Waals surface area contributed by atoms with Crippen LogP contribution in [0, 0.1) is 20.2 Å². The van der Waals surface area contributed by atoms with E-state index in [0.29, 0.717) is 17.6 Å². The summed E-state index contributed by atoms with van der Waals surface area (Å²) in [4.78, 5) is 30.5. The molecule has 0 aliphatic rings. The molecule has 2 aromatic rings. The van der Waals surface area contributed by atoms with Crippen LogP contribution in [0.5, 0.6) is 11.5 Å². The smallest absolute Gasteiger partial charge is 0.349 e. The van der Waals surface area contributed by atoms with E-state index in [2.05, 4.69) is 0 Å². The van der Waals surface area contributed by atoms with Crippen molar-refractivity contribution in [3.63, 3.8) is 0 Å². The topological polar surface area (TPSA) is 113 Å². The largest absolute Gasteiger partial charge is 0.457 e. The quantitative estimate of drug-likeness (QED) is 0.336. The van der Waals surface area contributed by atoms with E-state index in [1.165, 1.54) is 12.1 Å². The average molecular weight is 349 g/mol. The SMILES string of the molecule is O=CC=C(Cl)c1cccc(Oc2ccc([N+](=O)[O-])c([N+](=O)[O-])c2)c1. The highest BCUT2D eigenvalue weighted by Gasteiger charge is 2.24. The van der Waals surface area contributed by atoms with Crippen LogP contribution in [0.1, 0.15) is 5.56 Å². The minimum absolute atomic E-state index is 0.0555. The van der Waals surface area contributed by atoms with Crippen molar-refractivity contribution in [2.24, 2.45) is 0 Å². The van der Waals surface area contributed by atoms with Crippen LogP contribution in [0.3, 0.4) is 0 Å². The Kier molecular flexibility index (Phi) is 5.23. The van der Waals surface area contributed by atoms with Gasteiger partial charge in [-0.2, -0.15) is 0 Å². The number of aldehydes is 1. The van der Waals surface area contributed by atoms with Crippen molar-refractivity contribution in [2.75, 3.05) is 0 Å². The molecular formula is C15H9ClN2O6. The maximum absolute atomic E-state index is 10.9. The van der Waals surface area contributed by atoms with Crippen LogP contribution in [0.15, 0.2) is 48.5 Å². The van der Waals surface area contributed by atoms with Gasteiger partial charge in [-0.3, -0.25) is 25.0 Å². The Balaban J connectivity index is 2.35. The zero-order valence-electron chi connectivity index (χ0n) is 11.9. The summed E-state index contributed by atoms with van der Waals surface area (Å²) < 4.78 is 5.47. The third kappa shape index (κ3) is 3.93. The van der Waals surface area contributed by atoms with Gasteiger partial charge in [-0.1, -0.05) is 23.7 Å². The number of hydrogen-bond acceptors (Lipinski definition) is 6. The first kappa shape index (κ1) is 17.1. The monoisotopic (exact) mass is 348 g/mol. The van der Waals surface area contributed by atoms with Gasteiger partial charge in [0, 0.05) is 6.07 Å². The van der Waals surface area contributed by atoms with Crippen molar-refractivity contribution < 1.29 is 19.4 Å². The number of nitro groups is 2. The molecule has 0 heterocycles. The first-order valence-corrected chi connectivity index (χ1v) is 6.82. The standard InChI is InChI=1S/C15H9ClN2O6/c16-13(6-7-19)10-2-1-3-11(8-10)24-12-4-5-14(17(20)21)15(9-12)18(22)23/h1-9H. The first-order valence-electron chi connectivity index (χ1n) is 6.44. The normalized spacial score (nSPS) is 11.0. The van der Waals surface area contributed by atoms with Gasteiger partial charge in [0.15, 0.2) is 0 Å². The second-order valence-corrected chi connectivity index (χ2v) is 4.85. The van der Waals surface area contributed by atoms with Gasteiger partial charge < -0.3 is 4.74 Å². The maximum atomic E-state index is 10.9. The fourth-order valence-corrected chi connectivity index (χ4v) is 2.04. The van der Waals surface area contributed by atoms with Gasteiger partial charge in [0.05, 0.1) is 20.9 Å². The number of benzene rings is 2. The Labute approximate surface area is 140 Å². The van der Waals surface area contributed by atoms with Gasteiger partial charge in [-0.15, -0.1) is 0 Å². The lowest BCUT2D eigenvalue weighted by atomic mass is 10.2. The number of rotatable bonds is 6. The molecule has 2 rings (SSSR count). The van der Waals surface area contributed by atoms with Crippen LogP contribution in [0.4, 0.5) is 11.4 Å². The van der Waals surface area contributed by atoms with Crippen molar-refractivity contribution in [3.8, 4) is 11.5 Å². The second kappa shape index (κ2) is 7.34. The first-order chi connectivity index (χ1) is 11.4. The summed E-state index contributed by atoms with van der Waals surface area (Å²) in [5.41, 5.74) is -0.789. The minimum atomic E-state index is -0.856. The number of hydrogen-bond donors (Lipinski definition) is 0. The lowest BCUT2D eigenvalue weighted by molar-refractivity contribution is -0.422. The lowest BCUT2D eigenvalue weighted by Crippen LogP contribution is -1.97. The van der Waals surface area contributed by atoms with E-state index in [0.717, 1.165) is 18.2 Å². The Hall–Kier alpha value is -3.26. The van der Waals surface area contributed by atoms with Gasteiger partial charge in [0.25, 0.3) is 0 Å². The lowest BCUT2D eigenvalue weighted by Gasteiger charge is -2.07. The van der Waals surface area contributed by atoms with Crippen LogP contribution in [0.25, 0.3) is 5.03 Å². The average Bonchev–Trinajstić information content (AvgIpc) is 2.55. The van der Waals surface area contributed by atoms with E-state index in [1.54, 1.807) is 18.2 Å². The van der Waals surface area contributed by atoms with Gasteiger partial charge in [-0.05, 0) is 29.8 Å². The molecule has 0 aliphatic carbocycles. The Bertz CT molecular complexity index is 850. The van der Waals surface area contributed by atoms with Gasteiger partial charge >= 0.3 is 11.4 Å². The van der Waals surface area contributed by atoms with Crippen molar-refractivity contribution in [2.45, 2.75) is 0 Å². The second-order valence-electron chi connectivity index (χ2n) is 4.45. The minimum Gasteiger partial charge on any atom is -0.457 e. The molecule has 2 aromatic carbocycles. The third-order valence-electron chi connectivity index (χ3n) is 2.90. The number of nitro benzene ring substituents is 2. The number of carbonyl (C=O) groups is 1. The number of halogens is 1. The van der Waals surface area contributed by atoms with Gasteiger partial charge in [0.2, 0.25) is 0 Å². The van der Waals surface area contributed by atoms with Crippen LogP contribution >= 0.6 is 11.6 Å². The van der Waals surface area contributed by atoms with Crippen LogP contribution < -0.4 is 4.74 Å². The van der Waals surface area contributed by atoms with Crippen LogP contribution in [-0.4, -0.2) is 16.1 Å². The van der Waals surface area contributed by atoms with E-state index < -0.39 is 21.2 Å². The summed E-state index contributed by atoms with van der Waals surface area (Å²) in [6.07, 6.45) is 1.70. The van der Waals surface area contributed by atoms with Crippen LogP contribution in [0.2, 0.25) is 0 Å². The molecule has 24 heavy (non-hydrogen) atoms. The highest BCUT2D eigenvalue weighted by molar-refractivity contribution is 6.49. The molecule has 0 saturated carbocycles. The summed E-state index contributed by atoms with van der Waals surface area (Å²) in [6, 6.07) is 9.57. The summed E-state index contributed by atoms with van der Waals surface area (Å²) in [6.45, 7) is 0. The van der Waals surface area contributed by atoms with Crippen molar-refractivity contribution >= 4 is 34.3 Å². The number of ether oxygens (including phenoxy) is 1. The van der Waals surface area contributed by atoms with E-state index in [9.17, 15) is 25.0 Å². The molecule has 0 radical (unpaired) electrons. The number of allylic oxidation sites excluding steroid dienone is 1. The highest BCUT2D eigenvalue weighted by atomic mass is 35.5. The predicted octanol–water partition coefficient (Wildman–Crippen LogP) is 4.07. The van der Waals surface area contributed by atoms with E-state index in [1.807, 2.05) is 0 Å². The summed E-state index contributed by atoms with van der Waals surface area (Å²) in [5.74, 6) is 0.355. The van der Waals surface area contributed by atoms with Crippen molar-refractivity contribution in [1.29, 1.82) is 0 Å². The van der Waals surface area contributed by atoms with E-state index in [4.69, 9.17) is 16.3 Å². The van der Waals surface area contributed by atoms with E-state index in [-0.39, 0.29) is 10.8 Å². The molecule has 122 valence electrons. The zero-order valence-corrected chi connectivity index (χ0v) is 12.7. The maximum Gasteiger partial charge on any atom is 0.349 e. The Morgan fingerprint density at radius 2 is 1.67 bits per heavy atom. The summed E-state index contributed by atoms with van der Waals surface area (Å²) in [5, 5.41) is 21.9. The fraction of sp³-hybridized carbons (Fsp3) is 0. The Morgan fingerprint density at radius 3 is 2.29 bits per heavy atom. The molecule has 8 nitrogen and oxygen atoms in total.